The lowest BCUT2D eigenvalue weighted by Crippen LogP contribution is -1.98. The van der Waals surface area contributed by atoms with Crippen LogP contribution in [0.1, 0.15) is 0 Å². The Bertz CT molecular complexity index is 689. The van der Waals surface area contributed by atoms with Crippen molar-refractivity contribution in [3.8, 4) is 11.5 Å². The van der Waals surface area contributed by atoms with Gasteiger partial charge in [0.15, 0.2) is 0 Å². The fourth-order valence-electron chi connectivity index (χ4n) is 1.09. The number of hydrogen-bond acceptors (Lipinski definition) is 4. The zero-order chi connectivity index (χ0) is 17.1. The van der Waals surface area contributed by atoms with Gasteiger partial charge in [0.1, 0.15) is 16.4 Å². The molecule has 0 radical (unpaired) electrons. The second-order valence-electron chi connectivity index (χ2n) is 3.35. The minimum atomic E-state index is -5.47. The molecule has 0 aliphatic rings. The number of hydrogen-bond donors (Lipinski definition) is 0. The normalized spacial score (nSPS) is 10.9. The maximum absolute atomic E-state index is 12.8. The molecule has 0 aliphatic carbocycles. The van der Waals surface area contributed by atoms with Crippen LogP contribution in [0.5, 0.6) is 11.5 Å². The molecule has 1 rings (SSSR count). The molecule has 0 unspecified atom stereocenters. The van der Waals surface area contributed by atoms with E-state index in [1.54, 1.807) is 0 Å². The van der Waals surface area contributed by atoms with Gasteiger partial charge in [-0.3, -0.25) is 0 Å². The first kappa shape index (κ1) is 17.8. The van der Waals surface area contributed by atoms with Gasteiger partial charge in [0.25, 0.3) is 0 Å². The van der Waals surface area contributed by atoms with Crippen LogP contribution in [0.3, 0.4) is 0 Å². The van der Waals surface area contributed by atoms with Crippen molar-refractivity contribution < 1.29 is 48.1 Å². The Morgan fingerprint density at radius 3 is 1.41 bits per heavy atom. The van der Waals surface area contributed by atoms with Crippen LogP contribution in [-0.2, 0) is 10.2 Å². The molecule has 0 aliphatic heterocycles. The molecule has 12 heteroatoms. The minimum absolute atomic E-state index is 0.248. The van der Waals surface area contributed by atoms with Crippen LogP contribution in [-0.4, -0.2) is 8.42 Å². The molecule has 0 bridgehead atoms. The zero-order valence-electron chi connectivity index (χ0n) is 9.92. The molecular weight excluding hydrogens is 349 g/mol. The lowest BCUT2D eigenvalue weighted by Gasteiger charge is -2.08. The van der Waals surface area contributed by atoms with E-state index in [9.17, 15) is 38.6 Å². The van der Waals surface area contributed by atoms with Crippen molar-refractivity contribution in [2.45, 2.75) is 4.90 Å². The summed E-state index contributed by atoms with van der Waals surface area (Å²) in [7, 11) is -5.47. The summed E-state index contributed by atoms with van der Waals surface area (Å²) in [6.07, 6.45) is -5.87. The fraction of sp³-hybridized carbons (Fsp3) is 0. The maximum atomic E-state index is 12.8. The molecule has 22 heavy (non-hydrogen) atoms. The monoisotopic (exact) mass is 352 g/mol. The molecular formula is C10H3F7O4S. The van der Waals surface area contributed by atoms with Gasteiger partial charge in [-0.15, -0.1) is 3.89 Å². The van der Waals surface area contributed by atoms with E-state index in [1.165, 1.54) is 0 Å². The smallest absolute Gasteiger partial charge is 0.344 e. The SMILES string of the molecule is O=S(=O)(F)c1cc(OC(F)=C(F)F)cc(OC(F)=C(F)F)c1. The van der Waals surface area contributed by atoms with Crippen LogP contribution >= 0.6 is 0 Å². The van der Waals surface area contributed by atoms with E-state index < -0.39 is 50.8 Å². The average Bonchev–Trinajstić information content (AvgIpc) is 2.36. The van der Waals surface area contributed by atoms with Crippen molar-refractivity contribution in [2.75, 3.05) is 0 Å². The summed E-state index contributed by atoms with van der Waals surface area (Å²) in [6.45, 7) is 0. The van der Waals surface area contributed by atoms with Gasteiger partial charge >= 0.3 is 34.4 Å². The Balaban J connectivity index is 3.35. The molecule has 0 N–H and O–H groups in total. The van der Waals surface area contributed by atoms with Crippen LogP contribution in [0, 0.1) is 0 Å². The fourth-order valence-corrected chi connectivity index (χ4v) is 1.60. The number of rotatable bonds is 5. The highest BCUT2D eigenvalue weighted by atomic mass is 32.3. The topological polar surface area (TPSA) is 52.6 Å². The van der Waals surface area contributed by atoms with Crippen molar-refractivity contribution in [3.63, 3.8) is 0 Å². The Morgan fingerprint density at radius 1 is 0.773 bits per heavy atom. The van der Waals surface area contributed by atoms with E-state index in [0.717, 1.165) is 0 Å². The van der Waals surface area contributed by atoms with Crippen LogP contribution in [0.15, 0.2) is 47.3 Å². The predicted molar refractivity (Wildman–Crippen MR) is 56.7 cm³/mol. The largest absolute Gasteiger partial charge is 0.428 e. The van der Waals surface area contributed by atoms with Gasteiger partial charge in [-0.25, -0.2) is 0 Å². The van der Waals surface area contributed by atoms with Gasteiger partial charge in [0, 0.05) is 18.2 Å². The van der Waals surface area contributed by atoms with Gasteiger partial charge in [0.05, 0.1) is 0 Å². The second kappa shape index (κ2) is 6.68. The third-order valence-electron chi connectivity index (χ3n) is 1.85. The maximum Gasteiger partial charge on any atom is 0.344 e. The minimum Gasteiger partial charge on any atom is -0.428 e. The summed E-state index contributed by atoms with van der Waals surface area (Å²) in [5.41, 5.74) is 0. The van der Waals surface area contributed by atoms with Crippen molar-refractivity contribution >= 4 is 10.2 Å². The highest BCUT2D eigenvalue weighted by Crippen LogP contribution is 2.30. The molecule has 122 valence electrons. The molecule has 0 fully saturated rings. The summed E-state index contributed by atoms with van der Waals surface area (Å²) in [6, 6.07) is -4.06. The van der Waals surface area contributed by atoms with Crippen LogP contribution in [0.2, 0.25) is 0 Å². The van der Waals surface area contributed by atoms with Crippen molar-refractivity contribution in [1.29, 1.82) is 0 Å². The Kier molecular flexibility index (Phi) is 5.41. The Morgan fingerprint density at radius 2 is 1.14 bits per heavy atom. The standard InChI is InChI=1S/C10H3F7O4S/c11-7(12)9(15)20-4-1-5(21-10(16)8(13)14)3-6(2-4)22(17,18)19/h1-3H. The van der Waals surface area contributed by atoms with Gasteiger partial charge in [0.2, 0.25) is 0 Å². The quantitative estimate of drug-likeness (QED) is 0.453. The zero-order valence-corrected chi connectivity index (χ0v) is 10.7. The molecule has 4 nitrogen and oxygen atoms in total. The van der Waals surface area contributed by atoms with E-state index in [0.29, 0.717) is 6.07 Å². The third-order valence-corrected chi connectivity index (χ3v) is 2.65. The van der Waals surface area contributed by atoms with Crippen molar-refractivity contribution in [2.24, 2.45) is 0 Å². The predicted octanol–water partition coefficient (Wildman–Crippen LogP) is 4.17. The van der Waals surface area contributed by atoms with E-state index in [2.05, 4.69) is 9.47 Å². The van der Waals surface area contributed by atoms with E-state index >= 15 is 0 Å². The molecule has 0 heterocycles. The van der Waals surface area contributed by atoms with E-state index in [1.807, 2.05) is 0 Å². The molecule has 0 saturated carbocycles. The van der Waals surface area contributed by atoms with Crippen LogP contribution in [0.25, 0.3) is 0 Å². The van der Waals surface area contributed by atoms with Crippen molar-refractivity contribution in [3.05, 3.63) is 42.4 Å². The van der Waals surface area contributed by atoms with Gasteiger partial charge < -0.3 is 9.47 Å². The van der Waals surface area contributed by atoms with Crippen molar-refractivity contribution in [1.82, 2.24) is 0 Å². The molecule has 0 amide bonds. The molecule has 1 aromatic rings. The summed E-state index contributed by atoms with van der Waals surface area (Å²) >= 11 is 0. The molecule has 0 saturated heterocycles. The Labute approximate surface area is 118 Å². The first-order chi connectivity index (χ1) is 10.0. The van der Waals surface area contributed by atoms with Gasteiger partial charge in [-0.1, -0.05) is 0 Å². The lowest BCUT2D eigenvalue weighted by atomic mass is 10.3. The molecule has 1 aromatic carbocycles. The average molecular weight is 352 g/mol. The summed E-state index contributed by atoms with van der Waals surface area (Å²) in [5, 5.41) is 0. The number of ether oxygens (including phenoxy) is 2. The molecule has 0 atom stereocenters. The van der Waals surface area contributed by atoms with Crippen LogP contribution in [0.4, 0.5) is 30.2 Å². The Hall–Kier alpha value is -2.24. The molecule has 0 aromatic heterocycles. The number of halogens is 7. The number of benzene rings is 1. The highest BCUT2D eigenvalue weighted by Gasteiger charge is 2.19. The summed E-state index contributed by atoms with van der Waals surface area (Å²) in [5.74, 6) is -2.13. The first-order valence-corrected chi connectivity index (χ1v) is 6.26. The summed E-state index contributed by atoms with van der Waals surface area (Å²) < 4.78 is 114. The molecule has 0 spiro atoms. The summed E-state index contributed by atoms with van der Waals surface area (Å²) in [4.78, 5) is -1.32. The highest BCUT2D eigenvalue weighted by molar-refractivity contribution is 7.86. The van der Waals surface area contributed by atoms with Gasteiger partial charge in [-0.2, -0.15) is 34.8 Å². The second-order valence-corrected chi connectivity index (χ2v) is 4.70. The van der Waals surface area contributed by atoms with Gasteiger partial charge in [-0.05, 0) is 0 Å². The van der Waals surface area contributed by atoms with Crippen LogP contribution < -0.4 is 9.47 Å². The van der Waals surface area contributed by atoms with E-state index in [4.69, 9.17) is 0 Å². The third kappa shape index (κ3) is 4.95. The first-order valence-electron chi connectivity index (χ1n) is 4.87. The van der Waals surface area contributed by atoms with E-state index in [-0.39, 0.29) is 12.1 Å². The lowest BCUT2D eigenvalue weighted by molar-refractivity contribution is 0.232.